The van der Waals surface area contributed by atoms with Gasteiger partial charge in [-0.25, -0.2) is 8.42 Å². The molecule has 1 atom stereocenters. The molecular weight excluding hydrogens is 156 g/mol. The number of sulfone groups is 1. The molecule has 0 aromatic rings. The number of quaternary nitrogens is 1. The molecule has 1 aliphatic heterocycles. The van der Waals surface area contributed by atoms with E-state index < -0.39 is 21.8 Å². The topological polar surface area (TPSA) is 93.8 Å². The van der Waals surface area contributed by atoms with Gasteiger partial charge < -0.3 is 11.1 Å². The molecule has 58 valence electrons. The van der Waals surface area contributed by atoms with Gasteiger partial charge in [-0.3, -0.25) is 4.79 Å². The zero-order chi connectivity index (χ0) is 7.78. The molecule has 1 amide bonds. The molecule has 0 spiro atoms. The maximum atomic E-state index is 10.7. The molecule has 0 aliphatic carbocycles. The van der Waals surface area contributed by atoms with Gasteiger partial charge in [0, 0.05) is 0 Å². The van der Waals surface area contributed by atoms with Gasteiger partial charge in [0.25, 0.3) is 5.91 Å². The van der Waals surface area contributed by atoms with Crippen LogP contribution in [0.5, 0.6) is 0 Å². The minimum Gasteiger partial charge on any atom is -0.364 e. The van der Waals surface area contributed by atoms with Gasteiger partial charge in [0.15, 0.2) is 11.9 Å². The van der Waals surface area contributed by atoms with Gasteiger partial charge in [0.05, 0.1) is 0 Å². The molecule has 4 N–H and O–H groups in total. The van der Waals surface area contributed by atoms with E-state index in [1.165, 1.54) is 5.32 Å². The first-order valence-corrected chi connectivity index (χ1v) is 4.66. The molecule has 5 nitrogen and oxygen atoms in total. The van der Waals surface area contributed by atoms with Crippen molar-refractivity contribution < 1.29 is 18.5 Å². The normalized spacial score (nSPS) is 30.2. The molecule has 1 rings (SSSR count). The molecule has 0 bridgehead atoms. The van der Waals surface area contributed by atoms with E-state index in [4.69, 9.17) is 5.73 Å². The number of hydrogen-bond donors (Lipinski definition) is 2. The Morgan fingerprint density at radius 2 is 2.20 bits per heavy atom. The van der Waals surface area contributed by atoms with E-state index in [9.17, 15) is 13.2 Å². The van der Waals surface area contributed by atoms with Crippen molar-refractivity contribution in [1.29, 1.82) is 0 Å². The quantitative estimate of drug-likeness (QED) is 0.428. The molecule has 0 aromatic carbocycles. The van der Waals surface area contributed by atoms with Crippen molar-refractivity contribution in [3.8, 4) is 0 Å². The number of amides is 1. The van der Waals surface area contributed by atoms with E-state index in [0.29, 0.717) is 0 Å². The smallest absolute Gasteiger partial charge is 0.276 e. The average Bonchev–Trinajstić information content (AvgIpc) is 2.10. The summed E-state index contributed by atoms with van der Waals surface area (Å²) in [6, 6.07) is -0.565. The van der Waals surface area contributed by atoms with Crippen LogP contribution in [0.25, 0.3) is 0 Å². The van der Waals surface area contributed by atoms with Crippen molar-refractivity contribution in [3.05, 3.63) is 0 Å². The summed E-state index contributed by atoms with van der Waals surface area (Å²) in [7, 11) is -3.00. The van der Waals surface area contributed by atoms with Gasteiger partial charge in [-0.2, -0.15) is 0 Å². The lowest BCUT2D eigenvalue weighted by Gasteiger charge is -1.95. The van der Waals surface area contributed by atoms with Gasteiger partial charge in [0.1, 0.15) is 5.75 Å². The van der Waals surface area contributed by atoms with E-state index in [-0.39, 0.29) is 11.6 Å². The number of primary amides is 1. The first-order chi connectivity index (χ1) is 4.51. The molecule has 1 aliphatic rings. The van der Waals surface area contributed by atoms with Crippen molar-refractivity contribution in [2.75, 3.05) is 11.6 Å². The fourth-order valence-electron chi connectivity index (χ4n) is 0.871. The SMILES string of the molecule is NC(=O)C1CS(=O)(=O)C[NH2+]1. The maximum absolute atomic E-state index is 10.7. The lowest BCUT2D eigenvalue weighted by atomic mass is 10.3. The molecule has 1 heterocycles. The Kier molecular flexibility index (Phi) is 1.65. The minimum atomic E-state index is -3.00. The highest BCUT2D eigenvalue weighted by Gasteiger charge is 2.35. The lowest BCUT2D eigenvalue weighted by molar-refractivity contribution is -0.648. The third-order valence-corrected chi connectivity index (χ3v) is 3.00. The average molecular weight is 165 g/mol. The monoisotopic (exact) mass is 165 g/mol. The highest BCUT2D eigenvalue weighted by molar-refractivity contribution is 7.91. The molecule has 1 unspecified atom stereocenters. The summed E-state index contributed by atoms with van der Waals surface area (Å²) in [5, 5.41) is 1.44. The molecule has 1 saturated heterocycles. The van der Waals surface area contributed by atoms with Gasteiger partial charge >= 0.3 is 0 Å². The van der Waals surface area contributed by atoms with E-state index in [1.54, 1.807) is 0 Å². The Balaban J connectivity index is 2.69. The van der Waals surface area contributed by atoms with Crippen molar-refractivity contribution in [2.45, 2.75) is 6.04 Å². The van der Waals surface area contributed by atoms with Crippen LogP contribution in [0.4, 0.5) is 0 Å². The number of hydrogen-bond acceptors (Lipinski definition) is 3. The van der Waals surface area contributed by atoms with Crippen LogP contribution in [-0.2, 0) is 14.6 Å². The van der Waals surface area contributed by atoms with Crippen LogP contribution in [0.1, 0.15) is 0 Å². The fourth-order valence-corrected chi connectivity index (χ4v) is 2.38. The molecule has 6 heteroatoms. The summed E-state index contributed by atoms with van der Waals surface area (Å²) in [6.45, 7) is 0. The van der Waals surface area contributed by atoms with Gasteiger partial charge in [0.2, 0.25) is 9.84 Å². The first-order valence-electron chi connectivity index (χ1n) is 2.84. The zero-order valence-corrected chi connectivity index (χ0v) is 6.10. The molecule has 0 aromatic heterocycles. The largest absolute Gasteiger partial charge is 0.364 e. The van der Waals surface area contributed by atoms with E-state index in [2.05, 4.69) is 0 Å². The van der Waals surface area contributed by atoms with Crippen molar-refractivity contribution in [3.63, 3.8) is 0 Å². The van der Waals surface area contributed by atoms with Crippen molar-refractivity contribution in [1.82, 2.24) is 0 Å². The predicted octanol–water partition coefficient (Wildman–Crippen LogP) is -3.21. The van der Waals surface area contributed by atoms with Gasteiger partial charge in [-0.1, -0.05) is 0 Å². The second kappa shape index (κ2) is 2.21. The van der Waals surface area contributed by atoms with Crippen LogP contribution in [0.15, 0.2) is 0 Å². The summed E-state index contributed by atoms with van der Waals surface area (Å²) in [6.07, 6.45) is 0. The molecule has 0 radical (unpaired) electrons. The summed E-state index contributed by atoms with van der Waals surface area (Å²) in [5.41, 5.74) is 4.88. The van der Waals surface area contributed by atoms with Crippen molar-refractivity contribution >= 4 is 15.7 Å². The molecule has 10 heavy (non-hydrogen) atoms. The third-order valence-electron chi connectivity index (χ3n) is 1.43. The minimum absolute atomic E-state index is 0.0133. The second-order valence-electron chi connectivity index (χ2n) is 2.32. The highest BCUT2D eigenvalue weighted by atomic mass is 32.2. The summed E-state index contributed by atoms with van der Waals surface area (Å²) in [4.78, 5) is 10.4. The molecular formula is C4H9N2O3S+. The molecule has 0 saturated carbocycles. The number of carbonyl (C=O) groups excluding carboxylic acids is 1. The van der Waals surface area contributed by atoms with Crippen molar-refractivity contribution in [2.24, 2.45) is 5.73 Å². The molecule has 1 fully saturated rings. The number of carbonyl (C=O) groups is 1. The summed E-state index contributed by atoms with van der Waals surface area (Å²) < 4.78 is 21.4. The zero-order valence-electron chi connectivity index (χ0n) is 5.28. The van der Waals surface area contributed by atoms with Crippen LogP contribution < -0.4 is 11.1 Å². The number of rotatable bonds is 1. The summed E-state index contributed by atoms with van der Waals surface area (Å²) in [5.74, 6) is -0.677. The third kappa shape index (κ3) is 1.45. The fraction of sp³-hybridized carbons (Fsp3) is 0.750. The second-order valence-corrected chi connectivity index (χ2v) is 4.48. The standard InChI is InChI=1S/C4H8N2O3S/c5-4(7)3-1-10(8,9)2-6-3/h3,6H,1-2H2,(H2,5,7)/p+1. The van der Waals surface area contributed by atoms with Crippen LogP contribution in [0.3, 0.4) is 0 Å². The lowest BCUT2D eigenvalue weighted by Crippen LogP contribution is -2.89. The van der Waals surface area contributed by atoms with E-state index in [1.807, 2.05) is 0 Å². The van der Waals surface area contributed by atoms with Crippen LogP contribution in [0, 0.1) is 0 Å². The van der Waals surface area contributed by atoms with E-state index in [0.717, 1.165) is 0 Å². The maximum Gasteiger partial charge on any atom is 0.276 e. The Labute approximate surface area is 58.5 Å². The van der Waals surface area contributed by atoms with Crippen LogP contribution in [0.2, 0.25) is 0 Å². The highest BCUT2D eigenvalue weighted by Crippen LogP contribution is 1.93. The first kappa shape index (κ1) is 7.49. The number of nitrogens with two attached hydrogens (primary N) is 2. The van der Waals surface area contributed by atoms with Gasteiger partial charge in [-0.05, 0) is 0 Å². The van der Waals surface area contributed by atoms with Crippen LogP contribution >= 0.6 is 0 Å². The van der Waals surface area contributed by atoms with E-state index >= 15 is 0 Å². The Bertz CT molecular complexity index is 245. The Hall–Kier alpha value is -0.620. The summed E-state index contributed by atoms with van der Waals surface area (Å²) >= 11 is 0. The predicted molar refractivity (Wildman–Crippen MR) is 33.6 cm³/mol. The van der Waals surface area contributed by atoms with Crippen LogP contribution in [-0.4, -0.2) is 32.0 Å². The Morgan fingerprint density at radius 3 is 2.40 bits per heavy atom. The Morgan fingerprint density at radius 1 is 1.60 bits per heavy atom. The van der Waals surface area contributed by atoms with Gasteiger partial charge in [-0.15, -0.1) is 0 Å².